The van der Waals surface area contributed by atoms with Crippen LogP contribution in [0.3, 0.4) is 0 Å². The number of hydrogen-bond donors (Lipinski definition) is 2. The first-order valence-electron chi connectivity index (χ1n) is 7.30. The first-order chi connectivity index (χ1) is 9.88. The average molecular weight is 290 g/mol. The van der Waals surface area contributed by atoms with Gasteiger partial charge >= 0.3 is 12.0 Å². The number of amides is 2. The number of piperidine rings is 1. The van der Waals surface area contributed by atoms with Crippen molar-refractivity contribution >= 4 is 17.7 Å². The predicted octanol–water partition coefficient (Wildman–Crippen LogP) is 3.35. The van der Waals surface area contributed by atoms with E-state index < -0.39 is 5.97 Å². The summed E-state index contributed by atoms with van der Waals surface area (Å²) in [6.07, 6.45) is 1.96. The van der Waals surface area contributed by atoms with Gasteiger partial charge in [0.15, 0.2) is 0 Å². The molecule has 114 valence electrons. The van der Waals surface area contributed by atoms with Gasteiger partial charge in [-0.25, -0.2) is 9.59 Å². The molecule has 1 fully saturated rings. The third-order valence-corrected chi connectivity index (χ3v) is 4.05. The standard InChI is InChI=1S/C16H22N2O3/c1-10-4-5-14(13(9-10)15(19)20)17-16(21)18-7-6-11(2)8-12(18)3/h4-5,9,11-12H,6-8H2,1-3H3,(H,17,21)(H,19,20). The van der Waals surface area contributed by atoms with E-state index in [0.717, 1.165) is 18.4 Å². The second-order valence-corrected chi connectivity index (χ2v) is 5.96. The molecule has 0 bridgehead atoms. The molecule has 2 rings (SSSR count). The van der Waals surface area contributed by atoms with E-state index in [9.17, 15) is 14.7 Å². The number of urea groups is 1. The monoisotopic (exact) mass is 290 g/mol. The molecule has 5 heteroatoms. The zero-order valence-corrected chi connectivity index (χ0v) is 12.7. The van der Waals surface area contributed by atoms with Gasteiger partial charge in [-0.3, -0.25) is 0 Å². The van der Waals surface area contributed by atoms with Crippen molar-refractivity contribution in [3.63, 3.8) is 0 Å². The van der Waals surface area contributed by atoms with E-state index in [1.807, 2.05) is 13.8 Å². The van der Waals surface area contributed by atoms with Crippen molar-refractivity contribution in [2.45, 2.75) is 39.7 Å². The molecule has 2 amide bonds. The maximum Gasteiger partial charge on any atom is 0.337 e. The third-order valence-electron chi connectivity index (χ3n) is 4.05. The minimum Gasteiger partial charge on any atom is -0.478 e. The van der Waals surface area contributed by atoms with Crippen molar-refractivity contribution in [2.24, 2.45) is 5.92 Å². The van der Waals surface area contributed by atoms with Crippen LogP contribution >= 0.6 is 0 Å². The summed E-state index contributed by atoms with van der Waals surface area (Å²) in [5, 5.41) is 12.0. The van der Waals surface area contributed by atoms with Gasteiger partial charge in [0.1, 0.15) is 0 Å². The molecule has 2 atom stereocenters. The molecule has 1 aliphatic heterocycles. The van der Waals surface area contributed by atoms with Crippen LogP contribution in [0.4, 0.5) is 10.5 Å². The van der Waals surface area contributed by atoms with Crippen LogP contribution in [0.2, 0.25) is 0 Å². The van der Waals surface area contributed by atoms with Crippen LogP contribution in [0.25, 0.3) is 0 Å². The maximum atomic E-state index is 12.4. The summed E-state index contributed by atoms with van der Waals surface area (Å²) in [4.78, 5) is 25.4. The van der Waals surface area contributed by atoms with Crippen LogP contribution in [0.5, 0.6) is 0 Å². The number of nitrogens with one attached hydrogen (secondary N) is 1. The largest absolute Gasteiger partial charge is 0.478 e. The minimum absolute atomic E-state index is 0.126. The van der Waals surface area contributed by atoms with Gasteiger partial charge in [-0.05, 0) is 44.7 Å². The molecule has 0 saturated carbocycles. The summed E-state index contributed by atoms with van der Waals surface area (Å²) < 4.78 is 0. The summed E-state index contributed by atoms with van der Waals surface area (Å²) in [5.74, 6) is -0.410. The number of carboxylic acid groups (broad SMARTS) is 1. The van der Waals surface area contributed by atoms with Gasteiger partial charge in [0, 0.05) is 12.6 Å². The number of likely N-dealkylation sites (tertiary alicyclic amines) is 1. The number of aryl methyl sites for hydroxylation is 1. The van der Waals surface area contributed by atoms with E-state index in [1.165, 1.54) is 0 Å². The number of nitrogens with zero attached hydrogens (tertiary/aromatic N) is 1. The fourth-order valence-electron chi connectivity index (χ4n) is 2.84. The zero-order chi connectivity index (χ0) is 15.6. The highest BCUT2D eigenvalue weighted by molar-refractivity contribution is 6.00. The maximum absolute atomic E-state index is 12.4. The van der Waals surface area contributed by atoms with Crippen molar-refractivity contribution in [2.75, 3.05) is 11.9 Å². The molecule has 2 N–H and O–H groups in total. The number of carbonyl (C=O) groups excluding carboxylic acids is 1. The van der Waals surface area contributed by atoms with E-state index in [1.54, 1.807) is 23.1 Å². The van der Waals surface area contributed by atoms with Crippen LogP contribution in [-0.4, -0.2) is 34.6 Å². The normalized spacial score (nSPS) is 22.0. The summed E-state index contributed by atoms with van der Waals surface area (Å²) >= 11 is 0. The number of carboxylic acids is 1. The average Bonchev–Trinajstić information content (AvgIpc) is 2.40. The molecule has 1 aliphatic rings. The Morgan fingerprint density at radius 2 is 2.05 bits per heavy atom. The Balaban J connectivity index is 2.14. The summed E-state index contributed by atoms with van der Waals surface area (Å²) in [6, 6.07) is 4.96. The summed E-state index contributed by atoms with van der Waals surface area (Å²) in [7, 11) is 0. The minimum atomic E-state index is -1.03. The van der Waals surface area contributed by atoms with Gasteiger partial charge in [0.2, 0.25) is 0 Å². The molecule has 0 spiro atoms. The van der Waals surface area contributed by atoms with E-state index in [2.05, 4.69) is 12.2 Å². The number of benzene rings is 1. The molecule has 0 aliphatic carbocycles. The van der Waals surface area contributed by atoms with Gasteiger partial charge in [-0.15, -0.1) is 0 Å². The highest BCUT2D eigenvalue weighted by Gasteiger charge is 2.27. The number of rotatable bonds is 2. The van der Waals surface area contributed by atoms with Crippen LogP contribution < -0.4 is 5.32 Å². The van der Waals surface area contributed by atoms with E-state index in [4.69, 9.17) is 0 Å². The van der Waals surface area contributed by atoms with Crippen LogP contribution in [-0.2, 0) is 0 Å². The Hall–Kier alpha value is -2.04. The summed E-state index contributed by atoms with van der Waals surface area (Å²) in [6.45, 7) is 6.76. The third kappa shape index (κ3) is 3.54. The van der Waals surface area contributed by atoms with Crippen molar-refractivity contribution in [3.8, 4) is 0 Å². The molecular formula is C16H22N2O3. The molecule has 5 nitrogen and oxygen atoms in total. The lowest BCUT2D eigenvalue weighted by Gasteiger charge is -2.36. The second-order valence-electron chi connectivity index (χ2n) is 5.96. The topological polar surface area (TPSA) is 69.6 Å². The molecule has 0 radical (unpaired) electrons. The summed E-state index contributed by atoms with van der Waals surface area (Å²) in [5.41, 5.74) is 1.33. The molecule has 1 aromatic rings. The molecule has 0 aromatic heterocycles. The van der Waals surface area contributed by atoms with E-state index in [-0.39, 0.29) is 17.6 Å². The SMILES string of the molecule is Cc1ccc(NC(=O)N2CCC(C)CC2C)c(C(=O)O)c1. The van der Waals surface area contributed by atoms with Gasteiger partial charge in [-0.2, -0.15) is 0 Å². The molecule has 1 heterocycles. The van der Waals surface area contributed by atoms with Crippen molar-refractivity contribution < 1.29 is 14.7 Å². The van der Waals surface area contributed by atoms with Crippen molar-refractivity contribution in [1.82, 2.24) is 4.90 Å². The Bertz CT molecular complexity index is 556. The Labute approximate surface area is 125 Å². The Kier molecular flexibility index (Phi) is 4.50. The lowest BCUT2D eigenvalue weighted by atomic mass is 9.94. The van der Waals surface area contributed by atoms with Crippen molar-refractivity contribution in [3.05, 3.63) is 29.3 Å². The van der Waals surface area contributed by atoms with Gasteiger partial charge in [-0.1, -0.05) is 18.6 Å². The number of carbonyl (C=O) groups is 2. The van der Waals surface area contributed by atoms with Crippen LogP contribution in [0.1, 0.15) is 42.6 Å². The van der Waals surface area contributed by atoms with E-state index in [0.29, 0.717) is 18.2 Å². The lowest BCUT2D eigenvalue weighted by molar-refractivity contribution is 0.0698. The zero-order valence-electron chi connectivity index (χ0n) is 12.7. The first-order valence-corrected chi connectivity index (χ1v) is 7.30. The molecule has 1 saturated heterocycles. The fraction of sp³-hybridized carbons (Fsp3) is 0.500. The molecular weight excluding hydrogens is 268 g/mol. The first kappa shape index (κ1) is 15.4. The number of hydrogen-bond acceptors (Lipinski definition) is 2. The predicted molar refractivity (Wildman–Crippen MR) is 81.7 cm³/mol. The molecule has 2 unspecified atom stereocenters. The van der Waals surface area contributed by atoms with Crippen molar-refractivity contribution in [1.29, 1.82) is 0 Å². The van der Waals surface area contributed by atoms with Gasteiger partial charge in [0.05, 0.1) is 11.3 Å². The fourth-order valence-corrected chi connectivity index (χ4v) is 2.84. The van der Waals surface area contributed by atoms with Gasteiger partial charge < -0.3 is 15.3 Å². The Morgan fingerprint density at radius 1 is 1.33 bits per heavy atom. The van der Waals surface area contributed by atoms with Crippen LogP contribution in [0.15, 0.2) is 18.2 Å². The van der Waals surface area contributed by atoms with E-state index >= 15 is 0 Å². The van der Waals surface area contributed by atoms with Crippen LogP contribution in [0, 0.1) is 12.8 Å². The number of aromatic carboxylic acids is 1. The molecule has 21 heavy (non-hydrogen) atoms. The lowest BCUT2D eigenvalue weighted by Crippen LogP contribution is -2.46. The Morgan fingerprint density at radius 3 is 2.67 bits per heavy atom. The smallest absolute Gasteiger partial charge is 0.337 e. The highest BCUT2D eigenvalue weighted by Crippen LogP contribution is 2.24. The van der Waals surface area contributed by atoms with Gasteiger partial charge in [0.25, 0.3) is 0 Å². The number of anilines is 1. The second kappa shape index (κ2) is 6.16. The highest BCUT2D eigenvalue weighted by atomic mass is 16.4. The molecule has 1 aromatic carbocycles. The quantitative estimate of drug-likeness (QED) is 0.877.